The Morgan fingerprint density at radius 1 is 1.21 bits per heavy atom. The van der Waals surface area contributed by atoms with Crippen molar-refractivity contribution in [2.75, 3.05) is 6.54 Å². The molecule has 9 heteroatoms. The lowest BCUT2D eigenvalue weighted by Gasteiger charge is -2.34. The molecule has 212 valence electrons. The van der Waals surface area contributed by atoms with E-state index in [2.05, 4.69) is 5.10 Å². The maximum Gasteiger partial charge on any atom is 0.307 e. The third kappa shape index (κ3) is 5.54. The molecule has 0 aromatic carbocycles. The average molecular weight is 539 g/mol. The zero-order valence-electron chi connectivity index (χ0n) is 23.9. The summed E-state index contributed by atoms with van der Waals surface area (Å²) in [5.74, 6) is -0.303. The molecular formula is C30H42N4O5. The summed E-state index contributed by atoms with van der Waals surface area (Å²) in [4.78, 5) is 46.1. The summed E-state index contributed by atoms with van der Waals surface area (Å²) >= 11 is 0. The number of esters is 1. The van der Waals surface area contributed by atoms with E-state index in [4.69, 9.17) is 14.5 Å². The highest BCUT2D eigenvalue weighted by molar-refractivity contribution is 5.87. The molecule has 1 amide bonds. The van der Waals surface area contributed by atoms with Crippen LogP contribution in [0.25, 0.3) is 5.65 Å². The summed E-state index contributed by atoms with van der Waals surface area (Å²) in [6.45, 7) is 10.2. The Hall–Kier alpha value is -2.97. The van der Waals surface area contributed by atoms with Gasteiger partial charge in [-0.1, -0.05) is 40.5 Å². The smallest absolute Gasteiger partial charge is 0.307 e. The van der Waals surface area contributed by atoms with E-state index < -0.39 is 23.0 Å². The van der Waals surface area contributed by atoms with Crippen LogP contribution in [0.3, 0.4) is 0 Å². The molecule has 2 bridgehead atoms. The van der Waals surface area contributed by atoms with E-state index in [-0.39, 0.29) is 36.9 Å². The molecular weight excluding hydrogens is 496 g/mol. The van der Waals surface area contributed by atoms with Crippen molar-refractivity contribution in [3.05, 3.63) is 24.2 Å². The first kappa shape index (κ1) is 27.6. The van der Waals surface area contributed by atoms with Gasteiger partial charge in [-0.25, -0.2) is 9.50 Å². The molecule has 5 rings (SSSR count). The summed E-state index contributed by atoms with van der Waals surface area (Å²) < 4.78 is 14.3. The van der Waals surface area contributed by atoms with E-state index in [1.165, 1.54) is 0 Å². The van der Waals surface area contributed by atoms with Crippen molar-refractivity contribution < 1.29 is 23.9 Å². The number of fused-ring (bicyclic) bond motifs is 5. The van der Waals surface area contributed by atoms with Crippen LogP contribution in [-0.4, -0.2) is 62.0 Å². The van der Waals surface area contributed by atoms with Gasteiger partial charge in [-0.05, 0) is 44.4 Å². The molecule has 1 aliphatic carbocycles. The van der Waals surface area contributed by atoms with Crippen molar-refractivity contribution in [1.29, 1.82) is 0 Å². The van der Waals surface area contributed by atoms with Crippen LogP contribution in [0, 0.1) is 23.2 Å². The molecule has 0 N–H and O–H groups in total. The standard InChI is InChI=1S/C30H42N4O5/c1-6-20-23(18-35)33-16-24(20)38-25-17-34-26(12-13-31-34)32-22(25)11-9-7-8-10-19-15-30(19,5)39-27(36)14-21(28(33)37)29(2,3)4/h12-13,17-21,23-24H,6-11,14-16H2,1-5H3/t19-,20+,21-,23-,24+,30-/m1/s1. The van der Waals surface area contributed by atoms with Gasteiger partial charge in [0.05, 0.1) is 43.0 Å². The van der Waals surface area contributed by atoms with Crippen molar-refractivity contribution in [3.8, 4) is 5.75 Å². The van der Waals surface area contributed by atoms with Crippen molar-refractivity contribution in [1.82, 2.24) is 19.5 Å². The fourth-order valence-corrected chi connectivity index (χ4v) is 6.51. The Balaban J connectivity index is 1.50. The van der Waals surface area contributed by atoms with E-state index in [1.54, 1.807) is 15.6 Å². The third-order valence-electron chi connectivity index (χ3n) is 9.13. The van der Waals surface area contributed by atoms with Crippen LogP contribution in [0.4, 0.5) is 0 Å². The van der Waals surface area contributed by atoms with Gasteiger partial charge in [0.2, 0.25) is 5.91 Å². The fourth-order valence-electron chi connectivity index (χ4n) is 6.51. The van der Waals surface area contributed by atoms with Crippen molar-refractivity contribution >= 4 is 23.8 Å². The van der Waals surface area contributed by atoms with E-state index in [1.807, 2.05) is 46.9 Å². The summed E-state index contributed by atoms with van der Waals surface area (Å²) in [5, 5.41) is 4.34. The molecule has 2 aromatic rings. The van der Waals surface area contributed by atoms with E-state index in [0.717, 1.165) is 56.2 Å². The zero-order chi connectivity index (χ0) is 27.9. The van der Waals surface area contributed by atoms with Crippen molar-refractivity contribution in [2.24, 2.45) is 23.2 Å². The number of aldehydes is 1. The van der Waals surface area contributed by atoms with Crippen LogP contribution < -0.4 is 4.74 Å². The van der Waals surface area contributed by atoms with E-state index >= 15 is 0 Å². The highest BCUT2D eigenvalue weighted by Crippen LogP contribution is 2.50. The second-order valence-electron chi connectivity index (χ2n) is 12.9. The lowest BCUT2D eigenvalue weighted by atomic mass is 9.77. The fraction of sp³-hybridized carbons (Fsp3) is 0.700. The molecule has 0 radical (unpaired) electrons. The monoisotopic (exact) mass is 538 g/mol. The second kappa shape index (κ2) is 10.5. The maximum absolute atomic E-state index is 14.1. The molecule has 1 saturated heterocycles. The van der Waals surface area contributed by atoms with Gasteiger partial charge in [0.15, 0.2) is 11.4 Å². The molecule has 0 unspecified atom stereocenters. The molecule has 6 atom stereocenters. The summed E-state index contributed by atoms with van der Waals surface area (Å²) in [6.07, 6.45) is 10.5. The minimum Gasteiger partial charge on any atom is -0.485 e. The van der Waals surface area contributed by atoms with Crippen LogP contribution in [0.1, 0.15) is 85.3 Å². The topological polar surface area (TPSA) is 103 Å². The molecule has 2 fully saturated rings. The summed E-state index contributed by atoms with van der Waals surface area (Å²) in [7, 11) is 0. The Labute approximate surface area is 230 Å². The first-order valence-electron chi connectivity index (χ1n) is 14.5. The quantitative estimate of drug-likeness (QED) is 0.412. The van der Waals surface area contributed by atoms with Gasteiger partial charge in [-0.2, -0.15) is 5.10 Å². The van der Waals surface area contributed by atoms with Gasteiger partial charge < -0.3 is 19.2 Å². The lowest BCUT2D eigenvalue weighted by Crippen LogP contribution is -2.46. The van der Waals surface area contributed by atoms with Crippen LogP contribution >= 0.6 is 0 Å². The maximum atomic E-state index is 14.1. The number of carbonyl (C=O) groups excluding carboxylic acids is 3. The Bertz CT molecular complexity index is 1240. The zero-order valence-corrected chi connectivity index (χ0v) is 23.9. The molecule has 39 heavy (non-hydrogen) atoms. The predicted molar refractivity (Wildman–Crippen MR) is 145 cm³/mol. The SMILES string of the molecule is CC[C@@H]1[C@@H]2CN(C(=O)[C@H](C(C)(C)C)CC(=O)O[C@]3(C)C[C@H]3CCCCCc3nc4ccnn4cc3O2)[C@@H]1C=O. The number of nitrogens with zero attached hydrogens (tertiary/aromatic N) is 4. The van der Waals surface area contributed by atoms with Gasteiger partial charge in [-0.15, -0.1) is 0 Å². The first-order valence-corrected chi connectivity index (χ1v) is 14.5. The average Bonchev–Trinajstić information content (AvgIpc) is 3.19. The van der Waals surface area contributed by atoms with Crippen LogP contribution in [0.15, 0.2) is 18.5 Å². The number of carbonyl (C=O) groups is 3. The van der Waals surface area contributed by atoms with Gasteiger partial charge >= 0.3 is 5.97 Å². The van der Waals surface area contributed by atoms with Gasteiger partial charge in [0.1, 0.15) is 18.0 Å². The Morgan fingerprint density at radius 2 is 2.00 bits per heavy atom. The molecule has 0 spiro atoms. The van der Waals surface area contributed by atoms with Gasteiger partial charge in [0, 0.05) is 17.9 Å². The molecule has 3 aliphatic rings. The second-order valence-corrected chi connectivity index (χ2v) is 12.9. The number of aryl methyl sites for hydroxylation is 1. The van der Waals surface area contributed by atoms with Crippen molar-refractivity contribution in [2.45, 2.75) is 104 Å². The van der Waals surface area contributed by atoms with Gasteiger partial charge in [0.25, 0.3) is 0 Å². The molecule has 1 saturated carbocycles. The Kier molecular flexibility index (Phi) is 7.46. The minimum atomic E-state index is -0.620. The predicted octanol–water partition coefficient (Wildman–Crippen LogP) is 4.40. The largest absolute Gasteiger partial charge is 0.485 e. The number of ether oxygens (including phenoxy) is 2. The Morgan fingerprint density at radius 3 is 2.72 bits per heavy atom. The number of aromatic nitrogens is 3. The number of amides is 1. The van der Waals surface area contributed by atoms with Crippen LogP contribution in [0.5, 0.6) is 5.75 Å². The molecule has 9 nitrogen and oxygen atoms in total. The van der Waals surface area contributed by atoms with Gasteiger partial charge in [-0.3, -0.25) is 9.59 Å². The van der Waals surface area contributed by atoms with E-state index in [9.17, 15) is 14.4 Å². The van der Waals surface area contributed by atoms with E-state index in [0.29, 0.717) is 18.1 Å². The number of hydrogen-bond acceptors (Lipinski definition) is 7. The minimum absolute atomic E-state index is 0.000922. The van der Waals surface area contributed by atoms with Crippen LogP contribution in [-0.2, 0) is 25.5 Å². The number of hydrogen-bond donors (Lipinski definition) is 0. The third-order valence-corrected chi connectivity index (χ3v) is 9.13. The normalized spacial score (nSPS) is 32.4. The molecule has 2 aromatic heterocycles. The highest BCUT2D eigenvalue weighted by atomic mass is 16.6. The number of rotatable bonds is 2. The van der Waals surface area contributed by atoms with Crippen molar-refractivity contribution in [3.63, 3.8) is 0 Å². The molecule has 4 heterocycles. The molecule has 2 aliphatic heterocycles. The first-order chi connectivity index (χ1) is 18.5. The summed E-state index contributed by atoms with van der Waals surface area (Å²) in [5.41, 5.74) is 0.714. The van der Waals surface area contributed by atoms with Crippen LogP contribution in [0.2, 0.25) is 0 Å². The summed E-state index contributed by atoms with van der Waals surface area (Å²) in [6, 6.07) is 1.26. The lowest BCUT2D eigenvalue weighted by molar-refractivity contribution is -0.158. The highest BCUT2D eigenvalue weighted by Gasteiger charge is 2.54.